The highest BCUT2D eigenvalue weighted by Gasteiger charge is 2.19. The molecule has 0 amide bonds. The van der Waals surface area contributed by atoms with Gasteiger partial charge in [-0.3, -0.25) is 0 Å². The van der Waals surface area contributed by atoms with E-state index in [4.69, 9.17) is 0 Å². The van der Waals surface area contributed by atoms with E-state index < -0.39 is 0 Å². The first-order valence-electron chi connectivity index (χ1n) is 6.99. The number of aromatic nitrogens is 2. The van der Waals surface area contributed by atoms with Gasteiger partial charge in [0, 0.05) is 22.5 Å². The molecular weight excluding hydrogens is 314 g/mol. The molecule has 0 saturated heterocycles. The molecule has 2 N–H and O–H groups in total. The van der Waals surface area contributed by atoms with E-state index in [0.717, 1.165) is 22.5 Å². The van der Waals surface area contributed by atoms with Gasteiger partial charge in [-0.05, 0) is 37.6 Å². The van der Waals surface area contributed by atoms with Crippen LogP contribution in [0, 0.1) is 12.8 Å². The molecule has 4 heteroatoms. The lowest BCUT2D eigenvalue weighted by Gasteiger charge is -2.18. The summed E-state index contributed by atoms with van der Waals surface area (Å²) in [5.74, 6) is 2.01. The fourth-order valence-corrected chi connectivity index (χ4v) is 2.78. The summed E-state index contributed by atoms with van der Waals surface area (Å²) in [4.78, 5) is 8.08. The first-order chi connectivity index (χ1) is 9.52. The third-order valence-electron chi connectivity index (χ3n) is 3.67. The van der Waals surface area contributed by atoms with E-state index in [-0.39, 0.29) is 0 Å². The SMILES string of the molecule is CNCC(c1ncc(-c2cc(Br)ccc2C)[nH]1)C(C)C. The molecule has 1 unspecified atom stereocenters. The number of hydrogen-bond donors (Lipinski definition) is 2. The minimum atomic E-state index is 0.404. The summed E-state index contributed by atoms with van der Waals surface area (Å²) in [6.07, 6.45) is 1.94. The zero-order valence-corrected chi connectivity index (χ0v) is 14.1. The van der Waals surface area contributed by atoms with Gasteiger partial charge in [0.2, 0.25) is 0 Å². The van der Waals surface area contributed by atoms with Gasteiger partial charge in [0.05, 0.1) is 11.9 Å². The molecule has 0 bridgehead atoms. The molecular formula is C16H22BrN3. The lowest BCUT2D eigenvalue weighted by Crippen LogP contribution is -2.22. The Labute approximate surface area is 129 Å². The summed E-state index contributed by atoms with van der Waals surface area (Å²) >= 11 is 3.53. The Hall–Kier alpha value is -1.13. The summed E-state index contributed by atoms with van der Waals surface area (Å²) in [7, 11) is 1.98. The topological polar surface area (TPSA) is 40.7 Å². The standard InChI is InChI=1S/C16H22BrN3/c1-10(2)14(8-18-4)16-19-9-15(20-16)13-7-12(17)6-5-11(13)3/h5-7,9-10,14,18H,8H2,1-4H3,(H,19,20). The van der Waals surface area contributed by atoms with Crippen LogP contribution >= 0.6 is 15.9 Å². The average molecular weight is 336 g/mol. The van der Waals surface area contributed by atoms with Crippen molar-refractivity contribution in [3.8, 4) is 11.3 Å². The summed E-state index contributed by atoms with van der Waals surface area (Å²) in [5, 5.41) is 3.25. The lowest BCUT2D eigenvalue weighted by atomic mass is 9.95. The van der Waals surface area contributed by atoms with E-state index in [1.165, 1.54) is 11.1 Å². The molecule has 108 valence electrons. The van der Waals surface area contributed by atoms with Crippen molar-refractivity contribution in [3.05, 3.63) is 40.3 Å². The number of benzene rings is 1. The number of aryl methyl sites for hydroxylation is 1. The van der Waals surface area contributed by atoms with E-state index in [2.05, 4.69) is 70.2 Å². The van der Waals surface area contributed by atoms with Crippen LogP contribution in [0.4, 0.5) is 0 Å². The molecule has 1 aromatic carbocycles. The number of imidazole rings is 1. The molecule has 2 rings (SSSR count). The summed E-state index contributed by atoms with van der Waals surface area (Å²) in [6, 6.07) is 6.32. The predicted octanol–water partition coefficient (Wildman–Crippen LogP) is 4.11. The third kappa shape index (κ3) is 3.30. The van der Waals surface area contributed by atoms with E-state index in [1.807, 2.05) is 13.2 Å². The molecule has 0 radical (unpaired) electrons. The van der Waals surface area contributed by atoms with Crippen LogP contribution in [0.25, 0.3) is 11.3 Å². The predicted molar refractivity (Wildman–Crippen MR) is 88.0 cm³/mol. The van der Waals surface area contributed by atoms with Gasteiger partial charge < -0.3 is 10.3 Å². The van der Waals surface area contributed by atoms with Crippen molar-refractivity contribution in [2.24, 2.45) is 5.92 Å². The molecule has 0 aliphatic heterocycles. The van der Waals surface area contributed by atoms with Crippen molar-refractivity contribution in [2.75, 3.05) is 13.6 Å². The maximum absolute atomic E-state index is 4.59. The molecule has 0 spiro atoms. The van der Waals surface area contributed by atoms with Crippen molar-refractivity contribution >= 4 is 15.9 Å². The van der Waals surface area contributed by atoms with E-state index >= 15 is 0 Å². The minimum Gasteiger partial charge on any atom is -0.342 e. The molecule has 1 heterocycles. The number of nitrogens with zero attached hydrogens (tertiary/aromatic N) is 1. The van der Waals surface area contributed by atoms with Crippen LogP contribution in [0.1, 0.15) is 31.2 Å². The van der Waals surface area contributed by atoms with Crippen molar-refractivity contribution in [1.82, 2.24) is 15.3 Å². The van der Waals surface area contributed by atoms with Crippen molar-refractivity contribution < 1.29 is 0 Å². The maximum atomic E-state index is 4.59. The first kappa shape index (κ1) is 15.3. The molecule has 2 aromatic rings. The van der Waals surface area contributed by atoms with Crippen molar-refractivity contribution in [3.63, 3.8) is 0 Å². The number of halogens is 1. The third-order valence-corrected chi connectivity index (χ3v) is 4.16. The minimum absolute atomic E-state index is 0.404. The monoisotopic (exact) mass is 335 g/mol. The van der Waals surface area contributed by atoms with E-state index in [9.17, 15) is 0 Å². The first-order valence-corrected chi connectivity index (χ1v) is 7.78. The summed E-state index contributed by atoms with van der Waals surface area (Å²) in [6.45, 7) is 7.51. The number of hydrogen-bond acceptors (Lipinski definition) is 2. The van der Waals surface area contributed by atoms with Crippen LogP contribution in [-0.4, -0.2) is 23.6 Å². The fourth-order valence-electron chi connectivity index (χ4n) is 2.41. The van der Waals surface area contributed by atoms with Crippen LogP contribution in [0.2, 0.25) is 0 Å². The number of nitrogens with one attached hydrogen (secondary N) is 2. The Balaban J connectivity index is 2.34. The van der Waals surface area contributed by atoms with Gasteiger partial charge in [-0.15, -0.1) is 0 Å². The van der Waals surface area contributed by atoms with Gasteiger partial charge in [-0.2, -0.15) is 0 Å². The van der Waals surface area contributed by atoms with E-state index in [1.54, 1.807) is 0 Å². The highest BCUT2D eigenvalue weighted by molar-refractivity contribution is 9.10. The number of aromatic amines is 1. The second kappa shape index (κ2) is 6.55. The largest absolute Gasteiger partial charge is 0.342 e. The quantitative estimate of drug-likeness (QED) is 0.863. The van der Waals surface area contributed by atoms with Gasteiger partial charge in [-0.1, -0.05) is 35.8 Å². The molecule has 1 aromatic heterocycles. The molecule has 3 nitrogen and oxygen atoms in total. The molecule has 0 saturated carbocycles. The van der Waals surface area contributed by atoms with Crippen LogP contribution < -0.4 is 5.32 Å². The van der Waals surface area contributed by atoms with Gasteiger partial charge >= 0.3 is 0 Å². The Bertz CT molecular complexity index is 575. The summed E-state index contributed by atoms with van der Waals surface area (Å²) in [5.41, 5.74) is 3.53. The Morgan fingerprint density at radius 2 is 2.10 bits per heavy atom. The Kier molecular flexibility index (Phi) is 5.00. The fraction of sp³-hybridized carbons (Fsp3) is 0.438. The molecule has 1 atom stereocenters. The highest BCUT2D eigenvalue weighted by Crippen LogP contribution is 2.28. The van der Waals surface area contributed by atoms with E-state index in [0.29, 0.717) is 11.8 Å². The van der Waals surface area contributed by atoms with Gasteiger partial charge in [0.25, 0.3) is 0 Å². The van der Waals surface area contributed by atoms with Crippen molar-refractivity contribution in [1.29, 1.82) is 0 Å². The summed E-state index contributed by atoms with van der Waals surface area (Å²) < 4.78 is 1.09. The number of rotatable bonds is 5. The average Bonchev–Trinajstić information content (AvgIpc) is 2.87. The Morgan fingerprint density at radius 1 is 1.35 bits per heavy atom. The zero-order chi connectivity index (χ0) is 14.7. The van der Waals surface area contributed by atoms with Crippen LogP contribution in [0.5, 0.6) is 0 Å². The zero-order valence-electron chi connectivity index (χ0n) is 12.5. The second-order valence-corrected chi connectivity index (χ2v) is 6.47. The second-order valence-electron chi connectivity index (χ2n) is 5.55. The van der Waals surface area contributed by atoms with Crippen LogP contribution in [0.15, 0.2) is 28.9 Å². The lowest BCUT2D eigenvalue weighted by molar-refractivity contribution is 0.461. The number of H-pyrrole nitrogens is 1. The molecule has 0 aliphatic rings. The molecule has 20 heavy (non-hydrogen) atoms. The molecule has 0 fully saturated rings. The Morgan fingerprint density at radius 3 is 2.75 bits per heavy atom. The normalized spacial score (nSPS) is 12.9. The van der Waals surface area contributed by atoms with Gasteiger partial charge in [0.1, 0.15) is 5.82 Å². The van der Waals surface area contributed by atoms with Crippen molar-refractivity contribution in [2.45, 2.75) is 26.7 Å². The number of likely N-dealkylation sites (N-methyl/N-ethyl adjacent to an activating group) is 1. The van der Waals surface area contributed by atoms with Crippen LogP contribution in [0.3, 0.4) is 0 Å². The van der Waals surface area contributed by atoms with Gasteiger partial charge in [0.15, 0.2) is 0 Å². The smallest absolute Gasteiger partial charge is 0.111 e. The van der Waals surface area contributed by atoms with Gasteiger partial charge in [-0.25, -0.2) is 4.98 Å². The molecule has 0 aliphatic carbocycles. The highest BCUT2D eigenvalue weighted by atomic mass is 79.9. The maximum Gasteiger partial charge on any atom is 0.111 e. The van der Waals surface area contributed by atoms with Crippen LogP contribution in [-0.2, 0) is 0 Å².